The molecule has 1 fully saturated rings. The summed E-state index contributed by atoms with van der Waals surface area (Å²) in [5.74, 6) is 1.90. The molecule has 1 aliphatic rings. The van der Waals surface area contributed by atoms with Crippen LogP contribution in [0.4, 0.5) is 0 Å². The quantitative estimate of drug-likeness (QED) is 0.338. The molecule has 0 aromatic carbocycles. The molecule has 1 heterocycles. The van der Waals surface area contributed by atoms with E-state index in [0.717, 1.165) is 32.0 Å². The molecular formula is C18H37IN4O. The van der Waals surface area contributed by atoms with Crippen molar-refractivity contribution in [1.29, 1.82) is 0 Å². The lowest BCUT2D eigenvalue weighted by atomic mass is 9.99. The Hall–Kier alpha value is -0.530. The Kier molecular flexibility index (Phi) is 12.5. The molecule has 0 aromatic rings. The summed E-state index contributed by atoms with van der Waals surface area (Å²) >= 11 is 0. The summed E-state index contributed by atoms with van der Waals surface area (Å²) in [6, 6.07) is 0.305. The van der Waals surface area contributed by atoms with Crippen LogP contribution in [0.2, 0.25) is 0 Å². The second kappa shape index (κ2) is 12.8. The molecule has 0 aromatic heterocycles. The molecular weight excluding hydrogens is 415 g/mol. The van der Waals surface area contributed by atoms with E-state index in [-0.39, 0.29) is 35.8 Å². The van der Waals surface area contributed by atoms with Crippen molar-refractivity contribution >= 4 is 35.8 Å². The van der Waals surface area contributed by atoms with Gasteiger partial charge in [0.2, 0.25) is 5.91 Å². The van der Waals surface area contributed by atoms with Gasteiger partial charge in [0.15, 0.2) is 5.96 Å². The number of amides is 1. The van der Waals surface area contributed by atoms with Crippen LogP contribution >= 0.6 is 24.0 Å². The molecule has 6 heteroatoms. The highest BCUT2D eigenvalue weighted by Gasteiger charge is 2.27. The Balaban J connectivity index is 0.00000529. The van der Waals surface area contributed by atoms with Crippen molar-refractivity contribution < 1.29 is 4.79 Å². The Morgan fingerprint density at radius 3 is 2.58 bits per heavy atom. The number of likely N-dealkylation sites (tertiary alicyclic amines) is 1. The number of guanidine groups is 1. The summed E-state index contributed by atoms with van der Waals surface area (Å²) in [6.45, 7) is 11.0. The van der Waals surface area contributed by atoms with E-state index in [1.807, 2.05) is 25.8 Å². The lowest BCUT2D eigenvalue weighted by Crippen LogP contribution is -2.46. The summed E-state index contributed by atoms with van der Waals surface area (Å²) in [5, 5.41) is 6.93. The van der Waals surface area contributed by atoms with E-state index in [0.29, 0.717) is 12.0 Å². The summed E-state index contributed by atoms with van der Waals surface area (Å²) in [4.78, 5) is 18.4. The number of nitrogens with zero attached hydrogens (tertiary/aromatic N) is 2. The number of hydrogen-bond donors (Lipinski definition) is 2. The first-order valence-corrected chi connectivity index (χ1v) is 9.27. The highest BCUT2D eigenvalue weighted by atomic mass is 127. The first-order valence-electron chi connectivity index (χ1n) is 9.27. The zero-order valence-corrected chi connectivity index (χ0v) is 18.4. The van der Waals surface area contributed by atoms with Crippen LogP contribution in [-0.4, -0.2) is 49.5 Å². The standard InChI is InChI=1S/C18H36N4O.HI/c1-6-8-9-15(7-2)12-20-18(19-5)21-16-10-11-22(13-16)17(23)14(3)4;/h14-16H,6-13H2,1-5H3,(H2,19,20,21);1H. The minimum absolute atomic E-state index is 0. The lowest BCUT2D eigenvalue weighted by molar-refractivity contribution is -0.133. The van der Waals surface area contributed by atoms with E-state index in [1.54, 1.807) is 0 Å². The zero-order valence-electron chi connectivity index (χ0n) is 16.1. The number of hydrogen-bond acceptors (Lipinski definition) is 2. The fraction of sp³-hybridized carbons (Fsp3) is 0.889. The van der Waals surface area contributed by atoms with Crippen molar-refractivity contribution in [3.8, 4) is 0 Å². The van der Waals surface area contributed by atoms with Gasteiger partial charge in [0.05, 0.1) is 0 Å². The second-order valence-corrected chi connectivity index (χ2v) is 6.94. The highest BCUT2D eigenvalue weighted by Crippen LogP contribution is 2.13. The maximum atomic E-state index is 12.1. The summed E-state index contributed by atoms with van der Waals surface area (Å²) in [6.07, 6.45) is 6.01. The summed E-state index contributed by atoms with van der Waals surface area (Å²) in [5.41, 5.74) is 0. The van der Waals surface area contributed by atoms with Crippen LogP contribution in [0.5, 0.6) is 0 Å². The molecule has 0 aliphatic carbocycles. The van der Waals surface area contributed by atoms with Crippen LogP contribution in [0.1, 0.15) is 59.8 Å². The zero-order chi connectivity index (χ0) is 17.2. The number of rotatable bonds is 8. The van der Waals surface area contributed by atoms with Crippen LogP contribution in [0, 0.1) is 11.8 Å². The van der Waals surface area contributed by atoms with Gasteiger partial charge in [-0.15, -0.1) is 24.0 Å². The maximum Gasteiger partial charge on any atom is 0.225 e. The number of unbranched alkanes of at least 4 members (excludes halogenated alkanes) is 1. The minimum Gasteiger partial charge on any atom is -0.356 e. The van der Waals surface area contributed by atoms with Crippen LogP contribution in [0.3, 0.4) is 0 Å². The molecule has 0 saturated carbocycles. The molecule has 0 radical (unpaired) electrons. The fourth-order valence-electron chi connectivity index (χ4n) is 3.02. The number of carbonyl (C=O) groups excluding carboxylic acids is 1. The minimum atomic E-state index is 0. The van der Waals surface area contributed by atoms with Gasteiger partial charge in [0.1, 0.15) is 0 Å². The van der Waals surface area contributed by atoms with E-state index in [4.69, 9.17) is 0 Å². The Morgan fingerprint density at radius 2 is 2.04 bits per heavy atom. The molecule has 1 aliphatic heterocycles. The largest absolute Gasteiger partial charge is 0.356 e. The summed E-state index contributed by atoms with van der Waals surface area (Å²) in [7, 11) is 1.81. The number of aliphatic imine (C=N–C) groups is 1. The lowest BCUT2D eigenvalue weighted by Gasteiger charge is -2.22. The predicted octanol–water partition coefficient (Wildman–Crippen LogP) is 3.24. The van der Waals surface area contributed by atoms with Crippen molar-refractivity contribution in [3.05, 3.63) is 0 Å². The molecule has 2 N–H and O–H groups in total. The van der Waals surface area contributed by atoms with E-state index in [2.05, 4.69) is 29.5 Å². The summed E-state index contributed by atoms with van der Waals surface area (Å²) < 4.78 is 0. The van der Waals surface area contributed by atoms with E-state index in [1.165, 1.54) is 25.7 Å². The van der Waals surface area contributed by atoms with Gasteiger partial charge >= 0.3 is 0 Å². The van der Waals surface area contributed by atoms with Crippen LogP contribution in [0.15, 0.2) is 4.99 Å². The third-order valence-electron chi connectivity index (χ3n) is 4.66. The van der Waals surface area contributed by atoms with Crippen LogP contribution in [-0.2, 0) is 4.79 Å². The van der Waals surface area contributed by atoms with E-state index >= 15 is 0 Å². The SMILES string of the molecule is CCCCC(CC)CNC(=NC)NC1CCN(C(=O)C(C)C)C1.I. The van der Waals surface area contributed by atoms with E-state index < -0.39 is 0 Å². The van der Waals surface area contributed by atoms with Crippen molar-refractivity contribution in [2.45, 2.75) is 65.8 Å². The first kappa shape index (κ1) is 23.5. The Bertz CT molecular complexity index is 387. The second-order valence-electron chi connectivity index (χ2n) is 6.94. The van der Waals surface area contributed by atoms with Gasteiger partial charge in [-0.2, -0.15) is 0 Å². The fourth-order valence-corrected chi connectivity index (χ4v) is 3.02. The molecule has 142 valence electrons. The molecule has 2 unspecified atom stereocenters. The molecule has 5 nitrogen and oxygen atoms in total. The Labute approximate surface area is 165 Å². The van der Waals surface area contributed by atoms with Gasteiger partial charge in [-0.25, -0.2) is 0 Å². The molecule has 0 bridgehead atoms. The molecule has 2 atom stereocenters. The molecule has 24 heavy (non-hydrogen) atoms. The average molecular weight is 452 g/mol. The van der Waals surface area contributed by atoms with Crippen molar-refractivity contribution in [1.82, 2.24) is 15.5 Å². The van der Waals surface area contributed by atoms with Gasteiger partial charge in [0.25, 0.3) is 0 Å². The van der Waals surface area contributed by atoms with E-state index in [9.17, 15) is 4.79 Å². The van der Waals surface area contributed by atoms with Crippen molar-refractivity contribution in [2.75, 3.05) is 26.7 Å². The number of carbonyl (C=O) groups is 1. The molecule has 0 spiro atoms. The molecule has 1 saturated heterocycles. The Morgan fingerprint density at radius 1 is 1.33 bits per heavy atom. The van der Waals surface area contributed by atoms with Crippen LogP contribution < -0.4 is 10.6 Å². The smallest absolute Gasteiger partial charge is 0.225 e. The van der Waals surface area contributed by atoms with Gasteiger partial charge in [0, 0.05) is 38.6 Å². The molecule has 1 rings (SSSR count). The van der Waals surface area contributed by atoms with Gasteiger partial charge in [-0.1, -0.05) is 47.0 Å². The maximum absolute atomic E-state index is 12.1. The van der Waals surface area contributed by atoms with Gasteiger partial charge in [-0.05, 0) is 18.8 Å². The third-order valence-corrected chi connectivity index (χ3v) is 4.66. The van der Waals surface area contributed by atoms with Gasteiger partial charge in [-0.3, -0.25) is 9.79 Å². The normalized spacial score (nSPS) is 19.2. The molecule has 1 amide bonds. The highest BCUT2D eigenvalue weighted by molar-refractivity contribution is 14.0. The van der Waals surface area contributed by atoms with Crippen LogP contribution in [0.25, 0.3) is 0 Å². The third kappa shape index (κ3) is 8.03. The average Bonchev–Trinajstić information content (AvgIpc) is 3.01. The monoisotopic (exact) mass is 452 g/mol. The topological polar surface area (TPSA) is 56.7 Å². The first-order chi connectivity index (χ1) is 11.0. The van der Waals surface area contributed by atoms with Crippen molar-refractivity contribution in [2.24, 2.45) is 16.8 Å². The number of halogens is 1. The predicted molar refractivity (Wildman–Crippen MR) is 113 cm³/mol. The number of nitrogens with one attached hydrogen (secondary N) is 2. The van der Waals surface area contributed by atoms with Crippen molar-refractivity contribution in [3.63, 3.8) is 0 Å². The van der Waals surface area contributed by atoms with Gasteiger partial charge < -0.3 is 15.5 Å².